The van der Waals surface area contributed by atoms with Crippen molar-refractivity contribution in [3.63, 3.8) is 0 Å². The molecule has 0 saturated heterocycles. The van der Waals surface area contributed by atoms with E-state index in [0.29, 0.717) is 16.1 Å². The second-order valence-corrected chi connectivity index (χ2v) is 5.81. The van der Waals surface area contributed by atoms with Gasteiger partial charge in [-0.3, -0.25) is 0 Å². The van der Waals surface area contributed by atoms with Gasteiger partial charge in [0.1, 0.15) is 0 Å². The summed E-state index contributed by atoms with van der Waals surface area (Å²) in [4.78, 5) is 0.336. The Morgan fingerprint density at radius 1 is 0.941 bits per heavy atom. The van der Waals surface area contributed by atoms with Crippen LogP contribution in [0.1, 0.15) is 5.56 Å². The minimum absolute atomic E-state index is 0.0257. The quantitative estimate of drug-likeness (QED) is 0.846. The summed E-state index contributed by atoms with van der Waals surface area (Å²) in [7, 11) is -3.29. The monoisotopic (exact) mass is 247 g/mol. The molecule has 0 spiro atoms. The molecule has 0 aliphatic rings. The maximum absolute atomic E-state index is 12.1. The van der Waals surface area contributed by atoms with Crippen molar-refractivity contribution in [1.82, 2.24) is 0 Å². The Balaban J connectivity index is 2.30. The van der Waals surface area contributed by atoms with Crippen LogP contribution >= 0.6 is 0 Å². The third-order valence-electron chi connectivity index (χ3n) is 2.41. The molecular formula is C13H13NO2S. The molecule has 0 heterocycles. The van der Waals surface area contributed by atoms with Gasteiger partial charge in [-0.2, -0.15) is 0 Å². The maximum atomic E-state index is 12.1. The highest BCUT2D eigenvalue weighted by Gasteiger charge is 2.14. The summed E-state index contributed by atoms with van der Waals surface area (Å²) in [5.74, 6) is -0.0257. The van der Waals surface area contributed by atoms with E-state index in [9.17, 15) is 8.42 Å². The van der Waals surface area contributed by atoms with Gasteiger partial charge in [0.25, 0.3) is 0 Å². The van der Waals surface area contributed by atoms with Crippen molar-refractivity contribution in [1.29, 1.82) is 0 Å². The van der Waals surface area contributed by atoms with Crippen molar-refractivity contribution in [2.75, 3.05) is 5.73 Å². The van der Waals surface area contributed by atoms with Crippen molar-refractivity contribution in [2.45, 2.75) is 10.6 Å². The predicted octanol–water partition coefficient (Wildman–Crippen LogP) is 2.24. The standard InChI is InChI=1S/C13H13NO2S/c14-12-6-4-5-11(9-12)10-17(15,16)13-7-2-1-3-8-13/h1-9H,10,14H2. The van der Waals surface area contributed by atoms with Gasteiger partial charge in [0.05, 0.1) is 10.6 Å². The first-order valence-corrected chi connectivity index (χ1v) is 6.85. The van der Waals surface area contributed by atoms with Gasteiger partial charge in [0.2, 0.25) is 0 Å². The van der Waals surface area contributed by atoms with Gasteiger partial charge in [-0.05, 0) is 29.8 Å². The second kappa shape index (κ2) is 4.59. The van der Waals surface area contributed by atoms with E-state index in [1.807, 2.05) is 0 Å². The van der Waals surface area contributed by atoms with Gasteiger partial charge >= 0.3 is 0 Å². The summed E-state index contributed by atoms with van der Waals surface area (Å²) in [6, 6.07) is 15.3. The van der Waals surface area contributed by atoms with Crippen LogP contribution in [0.15, 0.2) is 59.5 Å². The zero-order valence-corrected chi connectivity index (χ0v) is 10.0. The number of rotatable bonds is 3. The zero-order chi connectivity index (χ0) is 12.3. The van der Waals surface area contributed by atoms with E-state index >= 15 is 0 Å². The topological polar surface area (TPSA) is 60.2 Å². The highest BCUT2D eigenvalue weighted by molar-refractivity contribution is 7.90. The molecule has 4 heteroatoms. The zero-order valence-electron chi connectivity index (χ0n) is 9.21. The molecule has 2 aromatic carbocycles. The van der Waals surface area contributed by atoms with Crippen LogP contribution in [0.4, 0.5) is 5.69 Å². The van der Waals surface area contributed by atoms with E-state index in [0.717, 1.165) is 0 Å². The van der Waals surface area contributed by atoms with Crippen LogP contribution in [0.2, 0.25) is 0 Å². The number of nitrogens with two attached hydrogens (primary N) is 1. The van der Waals surface area contributed by atoms with Crippen molar-refractivity contribution in [3.05, 3.63) is 60.2 Å². The normalized spacial score (nSPS) is 11.3. The van der Waals surface area contributed by atoms with Crippen LogP contribution in [0.3, 0.4) is 0 Å². The second-order valence-electron chi connectivity index (χ2n) is 3.82. The van der Waals surface area contributed by atoms with E-state index in [-0.39, 0.29) is 5.75 Å². The lowest BCUT2D eigenvalue weighted by molar-refractivity contribution is 0.595. The van der Waals surface area contributed by atoms with E-state index in [1.54, 1.807) is 54.6 Å². The molecule has 88 valence electrons. The molecule has 2 rings (SSSR count). The fourth-order valence-electron chi connectivity index (χ4n) is 1.61. The third-order valence-corrected chi connectivity index (χ3v) is 4.11. The molecular weight excluding hydrogens is 234 g/mol. The highest BCUT2D eigenvalue weighted by Crippen LogP contribution is 2.17. The molecule has 17 heavy (non-hydrogen) atoms. The molecule has 0 fully saturated rings. The molecule has 2 aromatic rings. The number of anilines is 1. The van der Waals surface area contributed by atoms with Gasteiger partial charge in [0.15, 0.2) is 9.84 Å². The van der Waals surface area contributed by atoms with Crippen molar-refractivity contribution in [2.24, 2.45) is 0 Å². The Labute approximate surface area is 101 Å². The average molecular weight is 247 g/mol. The van der Waals surface area contributed by atoms with Crippen molar-refractivity contribution < 1.29 is 8.42 Å². The molecule has 0 unspecified atom stereocenters. The minimum Gasteiger partial charge on any atom is -0.399 e. The van der Waals surface area contributed by atoms with Gasteiger partial charge in [-0.25, -0.2) is 8.42 Å². The molecule has 0 aromatic heterocycles. The first kappa shape index (κ1) is 11.7. The van der Waals surface area contributed by atoms with E-state index in [4.69, 9.17) is 5.73 Å². The molecule has 0 saturated carbocycles. The highest BCUT2D eigenvalue weighted by atomic mass is 32.2. The van der Waals surface area contributed by atoms with Crippen molar-refractivity contribution >= 4 is 15.5 Å². The lowest BCUT2D eigenvalue weighted by Crippen LogP contribution is -2.05. The largest absolute Gasteiger partial charge is 0.399 e. The summed E-state index contributed by atoms with van der Waals surface area (Å²) < 4.78 is 24.1. The summed E-state index contributed by atoms with van der Waals surface area (Å²) in [5.41, 5.74) is 6.90. The fraction of sp³-hybridized carbons (Fsp3) is 0.0769. The summed E-state index contributed by atoms with van der Waals surface area (Å²) >= 11 is 0. The number of hydrogen-bond donors (Lipinski definition) is 1. The van der Waals surface area contributed by atoms with Gasteiger partial charge in [-0.15, -0.1) is 0 Å². The SMILES string of the molecule is Nc1cccc(CS(=O)(=O)c2ccccc2)c1. The van der Waals surface area contributed by atoms with Crippen LogP contribution < -0.4 is 5.73 Å². The maximum Gasteiger partial charge on any atom is 0.182 e. The first-order chi connectivity index (χ1) is 8.08. The Bertz CT molecular complexity index is 606. The molecule has 0 amide bonds. The number of hydrogen-bond acceptors (Lipinski definition) is 3. The van der Waals surface area contributed by atoms with Crippen LogP contribution in [-0.4, -0.2) is 8.42 Å². The van der Waals surface area contributed by atoms with Crippen LogP contribution in [0.25, 0.3) is 0 Å². The molecule has 0 bridgehead atoms. The van der Waals surface area contributed by atoms with E-state index < -0.39 is 9.84 Å². The van der Waals surface area contributed by atoms with Crippen LogP contribution in [-0.2, 0) is 15.6 Å². The lowest BCUT2D eigenvalue weighted by Gasteiger charge is -2.05. The Morgan fingerprint density at radius 3 is 2.29 bits per heavy atom. The van der Waals surface area contributed by atoms with Crippen molar-refractivity contribution in [3.8, 4) is 0 Å². The van der Waals surface area contributed by atoms with Gasteiger partial charge in [0, 0.05) is 5.69 Å². The number of sulfone groups is 1. The molecule has 0 aliphatic heterocycles. The lowest BCUT2D eigenvalue weighted by atomic mass is 10.2. The number of benzene rings is 2. The molecule has 0 atom stereocenters. The smallest absolute Gasteiger partial charge is 0.182 e. The molecule has 0 aliphatic carbocycles. The summed E-state index contributed by atoms with van der Waals surface area (Å²) in [6.07, 6.45) is 0. The summed E-state index contributed by atoms with van der Waals surface area (Å²) in [5, 5.41) is 0. The Morgan fingerprint density at radius 2 is 1.65 bits per heavy atom. The van der Waals surface area contributed by atoms with Crippen LogP contribution in [0, 0.1) is 0 Å². The fourth-order valence-corrected chi connectivity index (χ4v) is 2.97. The van der Waals surface area contributed by atoms with Crippen LogP contribution in [0.5, 0.6) is 0 Å². The molecule has 0 radical (unpaired) electrons. The number of nitrogen functional groups attached to an aromatic ring is 1. The van der Waals surface area contributed by atoms with Gasteiger partial charge < -0.3 is 5.73 Å². The molecule has 3 nitrogen and oxygen atoms in total. The molecule has 2 N–H and O–H groups in total. The average Bonchev–Trinajstić information content (AvgIpc) is 2.29. The van der Waals surface area contributed by atoms with E-state index in [1.165, 1.54) is 0 Å². The third kappa shape index (κ3) is 2.85. The Kier molecular flexibility index (Phi) is 3.15. The summed E-state index contributed by atoms with van der Waals surface area (Å²) in [6.45, 7) is 0. The minimum atomic E-state index is -3.29. The first-order valence-electron chi connectivity index (χ1n) is 5.20. The van der Waals surface area contributed by atoms with E-state index in [2.05, 4.69) is 0 Å². The predicted molar refractivity (Wildman–Crippen MR) is 68.2 cm³/mol. The van der Waals surface area contributed by atoms with Gasteiger partial charge in [-0.1, -0.05) is 30.3 Å². The Hall–Kier alpha value is -1.81.